The van der Waals surface area contributed by atoms with E-state index in [1.54, 1.807) is 30.3 Å². The van der Waals surface area contributed by atoms with Crippen LogP contribution < -0.4 is 14.2 Å². The van der Waals surface area contributed by atoms with E-state index in [-0.39, 0.29) is 22.2 Å². The van der Waals surface area contributed by atoms with Crippen LogP contribution in [0.5, 0.6) is 11.5 Å². The molecule has 2 unspecified atom stereocenters. The van der Waals surface area contributed by atoms with E-state index in [0.717, 1.165) is 30.8 Å². The van der Waals surface area contributed by atoms with E-state index in [2.05, 4.69) is 12.2 Å². The molecule has 2 aromatic carbocycles. The molecule has 0 radical (unpaired) electrons. The Morgan fingerprint density at radius 2 is 2.12 bits per heavy atom. The van der Waals surface area contributed by atoms with Crippen LogP contribution in [0.1, 0.15) is 18.9 Å². The van der Waals surface area contributed by atoms with Crippen LogP contribution in [0.2, 0.25) is 5.02 Å². The largest absolute Gasteiger partial charge is 0.488 e. The maximum atomic E-state index is 12.5. The van der Waals surface area contributed by atoms with E-state index in [1.807, 2.05) is 0 Å². The summed E-state index contributed by atoms with van der Waals surface area (Å²) in [5.41, 5.74) is 0.859. The Morgan fingerprint density at radius 1 is 1.28 bits per heavy atom. The minimum atomic E-state index is -3.94. The molecule has 0 aliphatic carbocycles. The second kappa shape index (κ2) is 5.90. The summed E-state index contributed by atoms with van der Waals surface area (Å²) in [5.74, 6) is 1.08. The van der Waals surface area contributed by atoms with E-state index in [0.29, 0.717) is 5.02 Å². The number of benzene rings is 2. The van der Waals surface area contributed by atoms with Crippen LogP contribution in [0.3, 0.4) is 0 Å². The highest BCUT2D eigenvalue weighted by Crippen LogP contribution is 2.47. The standard InChI is InChI=1S/C18H18ClNO4S/c1-18-7-8-20-11-17(18)23-16-6-5-13(10-15(16)18)24-25(21,22)14-4-2-3-12(19)9-14/h2-6,9-10,17,20H,7-8,11H2,1H3. The van der Waals surface area contributed by atoms with Gasteiger partial charge in [-0.1, -0.05) is 24.6 Å². The first-order valence-corrected chi connectivity index (χ1v) is 9.89. The lowest BCUT2D eigenvalue weighted by Gasteiger charge is -2.35. The first-order chi connectivity index (χ1) is 11.9. The molecule has 5 nitrogen and oxygen atoms in total. The Bertz CT molecular complexity index is 930. The van der Waals surface area contributed by atoms with Gasteiger partial charge >= 0.3 is 10.1 Å². The van der Waals surface area contributed by atoms with E-state index in [4.69, 9.17) is 20.5 Å². The highest BCUT2D eigenvalue weighted by Gasteiger charge is 2.46. The molecule has 4 rings (SSSR count). The summed E-state index contributed by atoms with van der Waals surface area (Å²) >= 11 is 5.88. The molecule has 25 heavy (non-hydrogen) atoms. The molecule has 132 valence electrons. The van der Waals surface area contributed by atoms with E-state index in [9.17, 15) is 8.42 Å². The summed E-state index contributed by atoms with van der Waals surface area (Å²) < 4.78 is 36.3. The van der Waals surface area contributed by atoms with Gasteiger partial charge in [-0.25, -0.2) is 0 Å². The number of halogens is 1. The van der Waals surface area contributed by atoms with E-state index >= 15 is 0 Å². The maximum Gasteiger partial charge on any atom is 0.339 e. The van der Waals surface area contributed by atoms with Crippen molar-refractivity contribution in [2.75, 3.05) is 13.1 Å². The third kappa shape index (κ3) is 2.88. The fraction of sp³-hybridized carbons (Fsp3) is 0.333. The predicted octanol–water partition coefficient (Wildman–Crippen LogP) is 3.12. The van der Waals surface area contributed by atoms with Crippen molar-refractivity contribution in [3.63, 3.8) is 0 Å². The molecule has 1 fully saturated rings. The number of hydrogen-bond acceptors (Lipinski definition) is 5. The fourth-order valence-electron chi connectivity index (χ4n) is 3.51. The van der Waals surface area contributed by atoms with Gasteiger partial charge in [0.05, 0.1) is 0 Å². The second-order valence-corrected chi connectivity index (χ2v) is 8.61. The molecule has 0 bridgehead atoms. The highest BCUT2D eigenvalue weighted by molar-refractivity contribution is 7.87. The average Bonchev–Trinajstić information content (AvgIpc) is 2.87. The number of rotatable bonds is 3. The Hall–Kier alpha value is -1.76. The van der Waals surface area contributed by atoms with Gasteiger partial charge in [-0.15, -0.1) is 0 Å². The van der Waals surface area contributed by atoms with Crippen LogP contribution in [0.25, 0.3) is 0 Å². The molecule has 2 aliphatic heterocycles. The minimum Gasteiger partial charge on any atom is -0.488 e. The molecule has 0 spiro atoms. The van der Waals surface area contributed by atoms with Gasteiger partial charge < -0.3 is 14.2 Å². The zero-order chi connectivity index (χ0) is 17.7. The molecule has 1 saturated heterocycles. The SMILES string of the molecule is CC12CCNCC1Oc1ccc(OS(=O)(=O)c3cccc(Cl)c3)cc12. The van der Waals surface area contributed by atoms with Crippen molar-refractivity contribution in [1.82, 2.24) is 5.32 Å². The third-order valence-corrected chi connectivity index (χ3v) is 6.47. The number of nitrogens with one attached hydrogen (secondary N) is 1. The molecular weight excluding hydrogens is 362 g/mol. The Kier molecular flexibility index (Phi) is 3.94. The van der Waals surface area contributed by atoms with Gasteiger partial charge in [0.2, 0.25) is 0 Å². The van der Waals surface area contributed by atoms with E-state index < -0.39 is 10.1 Å². The zero-order valence-electron chi connectivity index (χ0n) is 13.7. The maximum absolute atomic E-state index is 12.5. The lowest BCUT2D eigenvalue weighted by atomic mass is 9.74. The monoisotopic (exact) mass is 379 g/mol. The topological polar surface area (TPSA) is 64.6 Å². The quantitative estimate of drug-likeness (QED) is 0.830. The van der Waals surface area contributed by atoms with E-state index in [1.165, 1.54) is 12.1 Å². The number of ether oxygens (including phenoxy) is 1. The molecule has 2 aromatic rings. The van der Waals surface area contributed by atoms with Gasteiger partial charge in [-0.3, -0.25) is 0 Å². The summed E-state index contributed by atoms with van der Waals surface area (Å²) in [7, 11) is -3.94. The summed E-state index contributed by atoms with van der Waals surface area (Å²) in [6, 6.07) is 11.2. The molecular formula is C18H18ClNO4S. The van der Waals surface area contributed by atoms with Crippen molar-refractivity contribution in [2.45, 2.75) is 29.8 Å². The van der Waals surface area contributed by atoms with Crippen molar-refractivity contribution >= 4 is 21.7 Å². The third-order valence-electron chi connectivity index (χ3n) is 4.99. The summed E-state index contributed by atoms with van der Waals surface area (Å²) in [6.45, 7) is 3.84. The number of piperidine rings is 1. The van der Waals surface area contributed by atoms with Crippen molar-refractivity contribution < 1.29 is 17.3 Å². The molecule has 0 saturated carbocycles. The molecule has 2 heterocycles. The van der Waals surface area contributed by atoms with Crippen LogP contribution >= 0.6 is 11.6 Å². The Morgan fingerprint density at radius 3 is 2.92 bits per heavy atom. The summed E-state index contributed by atoms with van der Waals surface area (Å²) in [5, 5.41) is 3.68. The van der Waals surface area contributed by atoms with Gasteiger partial charge in [0, 0.05) is 22.5 Å². The van der Waals surface area contributed by atoms with Crippen LogP contribution in [0, 0.1) is 0 Å². The normalized spacial score (nSPS) is 25.0. The zero-order valence-corrected chi connectivity index (χ0v) is 15.2. The van der Waals surface area contributed by atoms with Gasteiger partial charge in [-0.2, -0.15) is 8.42 Å². The van der Waals surface area contributed by atoms with Crippen LogP contribution in [-0.4, -0.2) is 27.6 Å². The van der Waals surface area contributed by atoms with Gasteiger partial charge in [0.1, 0.15) is 22.5 Å². The minimum absolute atomic E-state index is 0.0303. The molecule has 2 atom stereocenters. The first-order valence-electron chi connectivity index (χ1n) is 8.10. The van der Waals surface area contributed by atoms with Gasteiger partial charge in [0.25, 0.3) is 0 Å². The number of fused-ring (bicyclic) bond motifs is 3. The molecule has 0 aromatic heterocycles. The van der Waals surface area contributed by atoms with Gasteiger partial charge in [-0.05, 0) is 49.4 Å². The van der Waals surface area contributed by atoms with Gasteiger partial charge in [0.15, 0.2) is 0 Å². The Balaban J connectivity index is 1.67. The molecule has 1 N–H and O–H groups in total. The fourth-order valence-corrected chi connectivity index (χ4v) is 4.73. The summed E-state index contributed by atoms with van der Waals surface area (Å²) in [4.78, 5) is 0.0303. The number of hydrogen-bond donors (Lipinski definition) is 1. The summed E-state index contributed by atoms with van der Waals surface area (Å²) in [6.07, 6.45) is 0.978. The first kappa shape index (κ1) is 16.7. The van der Waals surface area contributed by atoms with Crippen molar-refractivity contribution in [3.8, 4) is 11.5 Å². The average molecular weight is 380 g/mol. The van der Waals surface area contributed by atoms with Crippen molar-refractivity contribution in [3.05, 3.63) is 53.1 Å². The smallest absolute Gasteiger partial charge is 0.339 e. The van der Waals surface area contributed by atoms with Crippen molar-refractivity contribution in [2.24, 2.45) is 0 Å². The molecule has 0 amide bonds. The van der Waals surface area contributed by atoms with Crippen LogP contribution in [-0.2, 0) is 15.5 Å². The van der Waals surface area contributed by atoms with Crippen molar-refractivity contribution in [1.29, 1.82) is 0 Å². The molecule has 2 aliphatic rings. The lowest BCUT2D eigenvalue weighted by Crippen LogP contribution is -2.49. The second-order valence-electron chi connectivity index (χ2n) is 6.63. The highest BCUT2D eigenvalue weighted by atomic mass is 35.5. The lowest BCUT2D eigenvalue weighted by molar-refractivity contribution is 0.124. The Labute approximate surface area is 152 Å². The molecule has 7 heteroatoms. The van der Waals surface area contributed by atoms with Crippen LogP contribution in [0.4, 0.5) is 0 Å². The predicted molar refractivity (Wildman–Crippen MR) is 95.0 cm³/mol. The van der Waals surface area contributed by atoms with Crippen LogP contribution in [0.15, 0.2) is 47.4 Å².